The monoisotopic (exact) mass is 377 g/mol. The number of anilines is 1. The van der Waals surface area contributed by atoms with E-state index in [4.69, 9.17) is 9.47 Å². The van der Waals surface area contributed by atoms with Gasteiger partial charge in [0.25, 0.3) is 5.91 Å². The van der Waals surface area contributed by atoms with Crippen LogP contribution >= 0.6 is 0 Å². The SMILES string of the molecule is COCCN(CC(=O)N(C)C)C(=O)CCN1C(=O)[C@H](C)Oc2ccccc21. The first-order valence-corrected chi connectivity index (χ1v) is 8.89. The fourth-order valence-electron chi connectivity index (χ4n) is 2.75. The second kappa shape index (κ2) is 9.36. The van der Waals surface area contributed by atoms with Crippen molar-refractivity contribution in [2.24, 2.45) is 0 Å². The molecule has 1 aromatic rings. The van der Waals surface area contributed by atoms with Gasteiger partial charge in [-0.3, -0.25) is 14.4 Å². The number of nitrogens with zero attached hydrogens (tertiary/aromatic N) is 3. The third-order valence-electron chi connectivity index (χ3n) is 4.37. The number of methoxy groups -OCH3 is 1. The highest BCUT2D eigenvalue weighted by molar-refractivity contribution is 6.00. The van der Waals surface area contributed by atoms with Crippen LogP contribution in [0.4, 0.5) is 5.69 Å². The van der Waals surface area contributed by atoms with E-state index in [2.05, 4.69) is 0 Å². The number of benzene rings is 1. The molecule has 0 unspecified atom stereocenters. The second-order valence-corrected chi connectivity index (χ2v) is 6.56. The van der Waals surface area contributed by atoms with Crippen molar-refractivity contribution in [2.45, 2.75) is 19.4 Å². The number of likely N-dealkylation sites (N-methyl/N-ethyl adjacent to an activating group) is 1. The van der Waals surface area contributed by atoms with Crippen molar-refractivity contribution in [3.63, 3.8) is 0 Å². The third kappa shape index (κ3) is 5.19. The molecular weight excluding hydrogens is 350 g/mol. The van der Waals surface area contributed by atoms with Gasteiger partial charge < -0.3 is 24.2 Å². The van der Waals surface area contributed by atoms with Gasteiger partial charge in [0.15, 0.2) is 6.10 Å². The highest BCUT2D eigenvalue weighted by Gasteiger charge is 2.31. The summed E-state index contributed by atoms with van der Waals surface area (Å²) in [4.78, 5) is 41.7. The Kier molecular flexibility index (Phi) is 7.18. The molecule has 0 aromatic heterocycles. The summed E-state index contributed by atoms with van der Waals surface area (Å²) in [6.07, 6.45) is -0.494. The normalized spacial score (nSPS) is 15.8. The molecule has 1 aromatic carbocycles. The van der Waals surface area contributed by atoms with Crippen LogP contribution in [0.2, 0.25) is 0 Å². The Labute approximate surface area is 159 Å². The van der Waals surface area contributed by atoms with E-state index in [1.807, 2.05) is 12.1 Å². The molecule has 2 rings (SSSR count). The first kappa shape index (κ1) is 20.7. The molecule has 1 heterocycles. The van der Waals surface area contributed by atoms with Crippen molar-refractivity contribution in [1.29, 1.82) is 0 Å². The molecule has 0 N–H and O–H groups in total. The molecule has 0 fully saturated rings. The maximum absolute atomic E-state index is 12.7. The Bertz CT molecular complexity index is 692. The Hall–Kier alpha value is -2.61. The molecule has 1 aliphatic rings. The highest BCUT2D eigenvalue weighted by atomic mass is 16.5. The number of carbonyl (C=O) groups is 3. The van der Waals surface area contributed by atoms with E-state index in [1.54, 1.807) is 45.2 Å². The van der Waals surface area contributed by atoms with Gasteiger partial charge in [-0.05, 0) is 19.1 Å². The minimum Gasteiger partial charge on any atom is -0.479 e. The first-order chi connectivity index (χ1) is 12.8. The lowest BCUT2D eigenvalue weighted by atomic mass is 10.1. The number of amides is 3. The summed E-state index contributed by atoms with van der Waals surface area (Å²) in [7, 11) is 4.83. The van der Waals surface area contributed by atoms with Crippen LogP contribution in [0, 0.1) is 0 Å². The minimum atomic E-state index is -0.602. The second-order valence-electron chi connectivity index (χ2n) is 6.56. The predicted molar refractivity (Wildman–Crippen MR) is 101 cm³/mol. The van der Waals surface area contributed by atoms with Crippen LogP contribution in [0.3, 0.4) is 0 Å². The molecule has 0 aliphatic carbocycles. The van der Waals surface area contributed by atoms with Crippen LogP contribution in [-0.4, -0.2) is 81.1 Å². The van der Waals surface area contributed by atoms with E-state index in [1.165, 1.54) is 9.80 Å². The van der Waals surface area contributed by atoms with Gasteiger partial charge in [-0.1, -0.05) is 12.1 Å². The zero-order chi connectivity index (χ0) is 20.0. The van der Waals surface area contributed by atoms with Crippen LogP contribution in [-0.2, 0) is 19.1 Å². The topological polar surface area (TPSA) is 79.4 Å². The quantitative estimate of drug-likeness (QED) is 0.668. The van der Waals surface area contributed by atoms with Crippen LogP contribution in [0.1, 0.15) is 13.3 Å². The molecule has 0 saturated heterocycles. The summed E-state index contributed by atoms with van der Waals surface area (Å²) in [5.74, 6) is 0.0675. The number of ether oxygens (including phenoxy) is 2. The van der Waals surface area contributed by atoms with Gasteiger partial charge in [-0.25, -0.2) is 0 Å². The van der Waals surface area contributed by atoms with Gasteiger partial charge in [0.05, 0.1) is 18.8 Å². The maximum Gasteiger partial charge on any atom is 0.267 e. The van der Waals surface area contributed by atoms with Crippen LogP contribution in [0.5, 0.6) is 5.75 Å². The van der Waals surface area contributed by atoms with E-state index in [0.717, 1.165) is 0 Å². The van der Waals surface area contributed by atoms with E-state index >= 15 is 0 Å². The smallest absolute Gasteiger partial charge is 0.267 e. The zero-order valence-corrected chi connectivity index (χ0v) is 16.3. The molecular formula is C19H27N3O5. The minimum absolute atomic E-state index is 0.0146. The van der Waals surface area contributed by atoms with Crippen molar-refractivity contribution < 1.29 is 23.9 Å². The van der Waals surface area contributed by atoms with Crippen LogP contribution in [0.15, 0.2) is 24.3 Å². The molecule has 0 radical (unpaired) electrons. The average Bonchev–Trinajstić information content (AvgIpc) is 2.64. The molecule has 0 saturated carbocycles. The van der Waals surface area contributed by atoms with Gasteiger partial charge in [-0.2, -0.15) is 0 Å². The fourth-order valence-corrected chi connectivity index (χ4v) is 2.75. The van der Waals surface area contributed by atoms with Gasteiger partial charge in [-0.15, -0.1) is 0 Å². The zero-order valence-electron chi connectivity index (χ0n) is 16.3. The number of carbonyl (C=O) groups excluding carboxylic acids is 3. The number of hydrogen-bond acceptors (Lipinski definition) is 5. The van der Waals surface area contributed by atoms with Crippen LogP contribution < -0.4 is 9.64 Å². The lowest BCUT2D eigenvalue weighted by molar-refractivity contribution is -0.139. The van der Waals surface area contributed by atoms with Gasteiger partial charge >= 0.3 is 0 Å². The Morgan fingerprint density at radius 3 is 2.59 bits per heavy atom. The van der Waals surface area contributed by atoms with Crippen molar-refractivity contribution in [3.05, 3.63) is 24.3 Å². The Morgan fingerprint density at radius 2 is 1.93 bits per heavy atom. The Balaban J connectivity index is 2.07. The Morgan fingerprint density at radius 1 is 1.22 bits per heavy atom. The molecule has 0 bridgehead atoms. The lowest BCUT2D eigenvalue weighted by Crippen LogP contribution is -2.47. The molecule has 3 amide bonds. The summed E-state index contributed by atoms with van der Waals surface area (Å²) in [5.41, 5.74) is 0.654. The number of para-hydroxylation sites is 2. The number of hydrogen-bond donors (Lipinski definition) is 0. The van der Waals surface area contributed by atoms with E-state index < -0.39 is 6.10 Å². The van der Waals surface area contributed by atoms with E-state index in [9.17, 15) is 14.4 Å². The van der Waals surface area contributed by atoms with Crippen molar-refractivity contribution in [3.8, 4) is 5.75 Å². The summed E-state index contributed by atoms with van der Waals surface area (Å²) in [6, 6.07) is 7.25. The average molecular weight is 377 g/mol. The first-order valence-electron chi connectivity index (χ1n) is 8.89. The van der Waals surface area contributed by atoms with Crippen LogP contribution in [0.25, 0.3) is 0 Å². The largest absolute Gasteiger partial charge is 0.479 e. The molecule has 8 nitrogen and oxygen atoms in total. The third-order valence-corrected chi connectivity index (χ3v) is 4.37. The highest BCUT2D eigenvalue weighted by Crippen LogP contribution is 2.33. The molecule has 148 valence electrons. The molecule has 0 spiro atoms. The maximum atomic E-state index is 12.7. The number of fused-ring (bicyclic) bond motifs is 1. The summed E-state index contributed by atoms with van der Waals surface area (Å²) in [6.45, 7) is 2.55. The summed E-state index contributed by atoms with van der Waals surface area (Å²) >= 11 is 0. The molecule has 1 aliphatic heterocycles. The molecule has 8 heteroatoms. The van der Waals surface area contributed by atoms with Gasteiger partial charge in [0.2, 0.25) is 11.8 Å². The lowest BCUT2D eigenvalue weighted by Gasteiger charge is -2.33. The van der Waals surface area contributed by atoms with E-state index in [-0.39, 0.29) is 37.2 Å². The predicted octanol–water partition coefficient (Wildman–Crippen LogP) is 0.754. The summed E-state index contributed by atoms with van der Waals surface area (Å²) < 4.78 is 10.6. The van der Waals surface area contributed by atoms with Gasteiger partial charge in [0.1, 0.15) is 5.75 Å². The number of rotatable bonds is 8. The van der Waals surface area contributed by atoms with Gasteiger partial charge in [0, 0.05) is 40.7 Å². The van der Waals surface area contributed by atoms with Crippen molar-refractivity contribution >= 4 is 23.4 Å². The van der Waals surface area contributed by atoms with Crippen molar-refractivity contribution in [2.75, 3.05) is 52.3 Å². The van der Waals surface area contributed by atoms with E-state index in [0.29, 0.717) is 24.6 Å². The molecule has 27 heavy (non-hydrogen) atoms. The fraction of sp³-hybridized carbons (Fsp3) is 0.526. The molecule has 1 atom stereocenters. The summed E-state index contributed by atoms with van der Waals surface area (Å²) in [5, 5.41) is 0. The standard InChI is InChI=1S/C19H27N3O5/c1-14-19(25)22(15-7-5-6-8-16(15)27-14)10-9-17(23)21(11-12-26-4)13-18(24)20(2)3/h5-8,14H,9-13H2,1-4H3/t14-/m0/s1. The van der Waals surface area contributed by atoms with Crippen molar-refractivity contribution in [1.82, 2.24) is 9.80 Å².